The number of likely N-dealkylation sites (tertiary alicyclic amines) is 3. The molecule has 25 heavy (non-hydrogen) atoms. The Bertz CT molecular complexity index is 412. The van der Waals surface area contributed by atoms with Crippen LogP contribution in [-0.2, 0) is 0 Å². The largest absolute Gasteiger partial charge is 0.303 e. The fourth-order valence-electron chi connectivity index (χ4n) is 4.98. The van der Waals surface area contributed by atoms with E-state index in [2.05, 4.69) is 56.2 Å². The van der Waals surface area contributed by atoms with Crippen LogP contribution in [-0.4, -0.2) is 72.1 Å². The van der Waals surface area contributed by atoms with Crippen LogP contribution >= 0.6 is 0 Å². The third-order valence-corrected chi connectivity index (χ3v) is 7.29. The molecule has 3 saturated heterocycles. The van der Waals surface area contributed by atoms with E-state index in [0.29, 0.717) is 11.0 Å². The number of hydrogen-bond acceptors (Lipinski definition) is 3. The van der Waals surface area contributed by atoms with Crippen molar-refractivity contribution in [3.8, 4) is 0 Å². The molecule has 0 radical (unpaired) electrons. The van der Waals surface area contributed by atoms with Gasteiger partial charge in [-0.25, -0.2) is 0 Å². The minimum absolute atomic E-state index is 0.353. The van der Waals surface area contributed by atoms with E-state index in [1.165, 1.54) is 71.5 Å². The van der Waals surface area contributed by atoms with E-state index in [1.807, 2.05) is 0 Å². The summed E-state index contributed by atoms with van der Waals surface area (Å²) in [5.41, 5.74) is 0.852. The lowest BCUT2D eigenvalue weighted by atomic mass is 9.75. The molecule has 0 aromatic rings. The fourth-order valence-corrected chi connectivity index (χ4v) is 4.98. The van der Waals surface area contributed by atoms with Gasteiger partial charge in [-0.2, -0.15) is 0 Å². The lowest BCUT2D eigenvalue weighted by molar-refractivity contribution is -0.0281. The molecule has 0 saturated carbocycles. The Balaban J connectivity index is 1.34. The monoisotopic (exact) mass is 349 g/mol. The summed E-state index contributed by atoms with van der Waals surface area (Å²) in [4.78, 5) is 8.22. The lowest BCUT2D eigenvalue weighted by Crippen LogP contribution is -2.58. The number of piperidine rings is 2. The van der Waals surface area contributed by atoms with E-state index in [-0.39, 0.29) is 0 Å². The maximum atomic E-state index is 2.77. The third kappa shape index (κ3) is 4.99. The minimum Gasteiger partial charge on any atom is -0.303 e. The van der Waals surface area contributed by atoms with Crippen molar-refractivity contribution >= 4 is 0 Å². The molecule has 0 aliphatic carbocycles. The first-order valence-electron chi connectivity index (χ1n) is 10.8. The Morgan fingerprint density at radius 3 is 1.80 bits per heavy atom. The summed E-state index contributed by atoms with van der Waals surface area (Å²) >= 11 is 0. The van der Waals surface area contributed by atoms with E-state index < -0.39 is 0 Å². The van der Waals surface area contributed by atoms with Gasteiger partial charge in [-0.1, -0.05) is 20.8 Å². The van der Waals surface area contributed by atoms with E-state index in [0.717, 1.165) is 17.9 Å². The molecule has 0 N–H and O–H groups in total. The smallest absolute Gasteiger partial charge is 0.0125 e. The first kappa shape index (κ1) is 19.6. The van der Waals surface area contributed by atoms with Crippen LogP contribution in [0.15, 0.2) is 0 Å². The topological polar surface area (TPSA) is 9.72 Å². The second-order valence-corrected chi connectivity index (χ2v) is 11.1. The van der Waals surface area contributed by atoms with Crippen molar-refractivity contribution in [2.45, 2.75) is 78.8 Å². The Morgan fingerprint density at radius 2 is 1.32 bits per heavy atom. The first-order chi connectivity index (χ1) is 11.6. The highest BCUT2D eigenvalue weighted by atomic mass is 15.2. The van der Waals surface area contributed by atoms with Gasteiger partial charge in [0.2, 0.25) is 0 Å². The molecular formula is C22H43N3. The van der Waals surface area contributed by atoms with Crippen LogP contribution in [0.4, 0.5) is 0 Å². The summed E-state index contributed by atoms with van der Waals surface area (Å²) < 4.78 is 0. The lowest BCUT2D eigenvalue weighted by Gasteiger charge is -2.51. The molecular weight excluding hydrogens is 306 g/mol. The van der Waals surface area contributed by atoms with Crippen LogP contribution in [0.3, 0.4) is 0 Å². The van der Waals surface area contributed by atoms with Gasteiger partial charge in [0, 0.05) is 31.2 Å². The summed E-state index contributed by atoms with van der Waals surface area (Å²) in [6.45, 7) is 23.6. The van der Waals surface area contributed by atoms with Crippen molar-refractivity contribution in [3.05, 3.63) is 0 Å². The van der Waals surface area contributed by atoms with Gasteiger partial charge < -0.3 is 4.90 Å². The average Bonchev–Trinajstić information content (AvgIpc) is 2.46. The second-order valence-electron chi connectivity index (χ2n) is 11.1. The van der Waals surface area contributed by atoms with Gasteiger partial charge in [0.05, 0.1) is 0 Å². The molecule has 3 heteroatoms. The second kappa shape index (κ2) is 7.48. The van der Waals surface area contributed by atoms with Crippen molar-refractivity contribution < 1.29 is 0 Å². The normalized spacial score (nSPS) is 27.6. The van der Waals surface area contributed by atoms with Crippen LogP contribution in [0, 0.1) is 17.3 Å². The maximum Gasteiger partial charge on any atom is 0.0125 e. The molecule has 3 aliphatic heterocycles. The molecule has 0 atom stereocenters. The Hall–Kier alpha value is -0.120. The van der Waals surface area contributed by atoms with Crippen molar-refractivity contribution in [2.75, 3.05) is 45.8 Å². The minimum atomic E-state index is 0.353. The zero-order valence-corrected chi connectivity index (χ0v) is 17.9. The van der Waals surface area contributed by atoms with Gasteiger partial charge in [-0.3, -0.25) is 9.80 Å². The molecule has 3 aliphatic rings. The van der Waals surface area contributed by atoms with Gasteiger partial charge in [0.15, 0.2) is 0 Å². The van der Waals surface area contributed by atoms with Gasteiger partial charge >= 0.3 is 0 Å². The molecule has 0 bridgehead atoms. The molecule has 3 nitrogen and oxygen atoms in total. The zero-order valence-electron chi connectivity index (χ0n) is 17.9. The highest BCUT2D eigenvalue weighted by Crippen LogP contribution is 2.36. The SMILES string of the molecule is CC(C)(C)C1CN(C2CCN(CC3CCN(C(C)(C)C)CC3)CC2)C1. The van der Waals surface area contributed by atoms with Crippen molar-refractivity contribution in [1.29, 1.82) is 0 Å². The quantitative estimate of drug-likeness (QED) is 0.764. The predicted molar refractivity (Wildman–Crippen MR) is 108 cm³/mol. The average molecular weight is 350 g/mol. The first-order valence-corrected chi connectivity index (χ1v) is 10.8. The third-order valence-electron chi connectivity index (χ3n) is 7.29. The van der Waals surface area contributed by atoms with E-state index in [1.54, 1.807) is 0 Å². The van der Waals surface area contributed by atoms with Crippen LogP contribution in [0.2, 0.25) is 0 Å². The molecule has 146 valence electrons. The summed E-state index contributed by atoms with van der Waals surface area (Å²) in [6.07, 6.45) is 5.60. The van der Waals surface area contributed by atoms with Crippen LogP contribution < -0.4 is 0 Å². The molecule has 3 rings (SSSR count). The van der Waals surface area contributed by atoms with Crippen LogP contribution in [0.5, 0.6) is 0 Å². The van der Waals surface area contributed by atoms with Crippen LogP contribution in [0.25, 0.3) is 0 Å². The standard InChI is InChI=1S/C22H43N3/c1-21(2,3)19-16-24(17-19)20-9-11-23(12-10-20)15-18-7-13-25(14-8-18)22(4,5)6/h18-20H,7-17H2,1-6H3. The Kier molecular flexibility index (Phi) is 5.88. The fraction of sp³-hybridized carbons (Fsp3) is 1.00. The molecule has 3 fully saturated rings. The maximum absolute atomic E-state index is 2.77. The summed E-state index contributed by atoms with van der Waals surface area (Å²) in [5, 5.41) is 0. The molecule has 0 unspecified atom stereocenters. The van der Waals surface area contributed by atoms with E-state index in [4.69, 9.17) is 0 Å². The Labute approximate surface area is 157 Å². The molecule has 0 spiro atoms. The van der Waals surface area contributed by atoms with Gasteiger partial charge in [0.1, 0.15) is 0 Å². The summed E-state index contributed by atoms with van der Waals surface area (Å²) in [5.74, 6) is 1.85. The Morgan fingerprint density at radius 1 is 0.760 bits per heavy atom. The zero-order chi connectivity index (χ0) is 18.2. The number of rotatable bonds is 3. The van der Waals surface area contributed by atoms with E-state index >= 15 is 0 Å². The van der Waals surface area contributed by atoms with Gasteiger partial charge in [-0.05, 0) is 89.9 Å². The summed E-state index contributed by atoms with van der Waals surface area (Å²) in [6, 6.07) is 0.873. The van der Waals surface area contributed by atoms with Crippen LogP contribution in [0.1, 0.15) is 67.2 Å². The summed E-state index contributed by atoms with van der Waals surface area (Å²) in [7, 11) is 0. The van der Waals surface area contributed by atoms with Crippen molar-refractivity contribution in [3.63, 3.8) is 0 Å². The molecule has 0 aromatic carbocycles. The number of nitrogens with zero attached hydrogens (tertiary/aromatic N) is 3. The van der Waals surface area contributed by atoms with Crippen molar-refractivity contribution in [1.82, 2.24) is 14.7 Å². The highest BCUT2D eigenvalue weighted by molar-refractivity contribution is 4.93. The molecule has 3 heterocycles. The van der Waals surface area contributed by atoms with Gasteiger partial charge in [0.25, 0.3) is 0 Å². The van der Waals surface area contributed by atoms with E-state index in [9.17, 15) is 0 Å². The predicted octanol–water partition coefficient (Wildman–Crippen LogP) is 3.94. The molecule has 0 aromatic heterocycles. The van der Waals surface area contributed by atoms with Crippen molar-refractivity contribution in [2.24, 2.45) is 17.3 Å². The van der Waals surface area contributed by atoms with Gasteiger partial charge in [-0.15, -0.1) is 0 Å². The highest BCUT2D eigenvalue weighted by Gasteiger charge is 2.39. The number of hydrogen-bond donors (Lipinski definition) is 0. The molecule has 0 amide bonds.